The van der Waals surface area contributed by atoms with Crippen LogP contribution in [0.1, 0.15) is 13.8 Å². The molecule has 0 aliphatic carbocycles. The molecule has 9 heteroatoms. The van der Waals surface area contributed by atoms with E-state index in [9.17, 15) is 0 Å². The Morgan fingerprint density at radius 1 is 1.00 bits per heavy atom. The zero-order valence-electron chi connectivity index (χ0n) is 10.9. The number of nitrogen functional groups attached to an aromatic ring is 2. The van der Waals surface area contributed by atoms with Crippen molar-refractivity contribution in [3.63, 3.8) is 0 Å². The van der Waals surface area contributed by atoms with Crippen LogP contribution in [0.15, 0.2) is 24.3 Å². The Kier molecular flexibility index (Phi) is 11.0. The largest absolute Gasteiger partial charge is 0.399 e. The summed E-state index contributed by atoms with van der Waals surface area (Å²) in [6.07, 6.45) is 0. The molecule has 0 unspecified atom stereocenters. The normalized spacial score (nSPS) is 10.0. The van der Waals surface area contributed by atoms with E-state index in [4.69, 9.17) is 34.2 Å². The summed E-state index contributed by atoms with van der Waals surface area (Å²) in [6.45, 7) is 5.25. The van der Waals surface area contributed by atoms with Crippen LogP contribution in [0, 0.1) is 0 Å². The molecule has 8 nitrogen and oxygen atoms in total. The van der Waals surface area contributed by atoms with E-state index in [-0.39, 0.29) is 0 Å². The zero-order chi connectivity index (χ0) is 15.5. The van der Waals surface area contributed by atoms with Crippen LogP contribution in [0.4, 0.5) is 11.4 Å². The fourth-order valence-electron chi connectivity index (χ4n) is 0.720. The minimum atomic E-state index is -4.67. The van der Waals surface area contributed by atoms with Gasteiger partial charge < -0.3 is 16.7 Å². The van der Waals surface area contributed by atoms with Gasteiger partial charge in [-0.3, -0.25) is 9.11 Å². The lowest BCUT2D eigenvalue weighted by Gasteiger charge is -2.05. The van der Waals surface area contributed by atoms with Crippen molar-refractivity contribution in [2.24, 2.45) is 0 Å². The zero-order valence-corrected chi connectivity index (χ0v) is 11.7. The molecule has 0 saturated heterocycles. The van der Waals surface area contributed by atoms with Crippen molar-refractivity contribution in [3.8, 4) is 0 Å². The average Bonchev–Trinajstić information content (AvgIpc) is 2.30. The maximum absolute atomic E-state index is 8.74. The molecular formula is C10H21N3O5S. The van der Waals surface area contributed by atoms with E-state index in [0.29, 0.717) is 0 Å². The summed E-state index contributed by atoms with van der Waals surface area (Å²) in [5.41, 5.74) is 12.2. The van der Waals surface area contributed by atoms with E-state index in [0.717, 1.165) is 24.5 Å². The Balaban J connectivity index is 0. The second kappa shape index (κ2) is 10.5. The van der Waals surface area contributed by atoms with E-state index in [1.165, 1.54) is 5.06 Å². The molecular weight excluding hydrogens is 274 g/mol. The van der Waals surface area contributed by atoms with E-state index in [2.05, 4.69) is 0 Å². The quantitative estimate of drug-likeness (QED) is 0.307. The first-order valence-electron chi connectivity index (χ1n) is 5.34. The molecule has 0 saturated carbocycles. The molecule has 0 aliphatic rings. The lowest BCUT2D eigenvalue weighted by molar-refractivity contribution is -0.0813. The molecule has 0 atom stereocenters. The van der Waals surface area contributed by atoms with Crippen molar-refractivity contribution >= 4 is 21.8 Å². The molecule has 7 N–H and O–H groups in total. The maximum Gasteiger partial charge on any atom is 0.394 e. The fraction of sp³-hybridized carbons (Fsp3) is 0.400. The summed E-state index contributed by atoms with van der Waals surface area (Å²) in [6, 6.07) is 7.09. The van der Waals surface area contributed by atoms with Gasteiger partial charge >= 0.3 is 10.4 Å². The molecule has 0 heterocycles. The lowest BCUT2D eigenvalue weighted by Crippen LogP contribution is -2.16. The number of hydrogen-bond acceptors (Lipinski definition) is 6. The van der Waals surface area contributed by atoms with Gasteiger partial charge in [0.25, 0.3) is 0 Å². The number of hydrogen-bond donors (Lipinski definition) is 5. The molecule has 0 bridgehead atoms. The topological polar surface area (TPSA) is 150 Å². The first-order valence-corrected chi connectivity index (χ1v) is 6.74. The Labute approximate surface area is 113 Å². The summed E-state index contributed by atoms with van der Waals surface area (Å²) in [5, 5.41) is 9.75. The molecule has 1 rings (SSSR count). The van der Waals surface area contributed by atoms with Gasteiger partial charge in [0.15, 0.2) is 0 Å². The molecule has 0 amide bonds. The predicted octanol–water partition coefficient (Wildman–Crippen LogP) is 0.916. The van der Waals surface area contributed by atoms with Crippen LogP contribution >= 0.6 is 0 Å². The lowest BCUT2D eigenvalue weighted by atomic mass is 10.3. The van der Waals surface area contributed by atoms with Crippen LogP contribution in [-0.4, -0.2) is 40.9 Å². The highest BCUT2D eigenvalue weighted by Crippen LogP contribution is 2.04. The SMILES string of the molecule is CCN(O)CC.Nc1ccc(N)cc1.O=S(=O)(O)O. The first kappa shape index (κ1) is 19.9. The average molecular weight is 295 g/mol. The highest BCUT2D eigenvalue weighted by Gasteiger charge is 1.85. The predicted molar refractivity (Wildman–Crippen MR) is 74.2 cm³/mol. The van der Waals surface area contributed by atoms with Crippen molar-refractivity contribution in [1.82, 2.24) is 5.06 Å². The monoisotopic (exact) mass is 295 g/mol. The van der Waals surface area contributed by atoms with Gasteiger partial charge in [-0.2, -0.15) is 13.5 Å². The van der Waals surface area contributed by atoms with E-state index < -0.39 is 10.4 Å². The Morgan fingerprint density at radius 3 is 1.32 bits per heavy atom. The minimum Gasteiger partial charge on any atom is -0.399 e. The molecule has 1 aromatic carbocycles. The Bertz CT molecular complexity index is 388. The standard InChI is InChI=1S/C6H8N2.C4H11NO.H2O4S/c7-5-1-2-6(8)4-3-5;1-3-5(6)4-2;1-5(2,3)4/h1-4H,7-8H2;6H,3-4H2,1-2H3;(H2,1,2,3,4). The van der Waals surface area contributed by atoms with Gasteiger partial charge in [-0.25, -0.2) is 0 Å². The molecule has 19 heavy (non-hydrogen) atoms. The Hall–Kier alpha value is -1.39. The number of nitrogens with zero attached hydrogens (tertiary/aromatic N) is 1. The third-order valence-electron chi connectivity index (χ3n) is 1.67. The number of benzene rings is 1. The third kappa shape index (κ3) is 22.3. The summed E-state index contributed by atoms with van der Waals surface area (Å²) >= 11 is 0. The van der Waals surface area contributed by atoms with E-state index >= 15 is 0 Å². The number of anilines is 2. The summed E-state index contributed by atoms with van der Waals surface area (Å²) < 4.78 is 31.6. The molecule has 0 radical (unpaired) electrons. The van der Waals surface area contributed by atoms with Crippen LogP contribution in [0.25, 0.3) is 0 Å². The second-order valence-electron chi connectivity index (χ2n) is 3.25. The van der Waals surface area contributed by atoms with Crippen LogP contribution in [0.2, 0.25) is 0 Å². The van der Waals surface area contributed by atoms with Gasteiger partial charge in [0.05, 0.1) is 0 Å². The summed E-state index contributed by atoms with van der Waals surface area (Å²) in [5.74, 6) is 0. The van der Waals surface area contributed by atoms with Gasteiger partial charge in [0, 0.05) is 24.5 Å². The smallest absolute Gasteiger partial charge is 0.394 e. The van der Waals surface area contributed by atoms with Gasteiger partial charge in [0.2, 0.25) is 0 Å². The van der Waals surface area contributed by atoms with Gasteiger partial charge in [-0.15, -0.1) is 0 Å². The summed E-state index contributed by atoms with van der Waals surface area (Å²) in [4.78, 5) is 0. The van der Waals surface area contributed by atoms with E-state index in [1.54, 1.807) is 24.3 Å². The third-order valence-corrected chi connectivity index (χ3v) is 1.67. The molecule has 112 valence electrons. The van der Waals surface area contributed by atoms with Crippen LogP contribution in [-0.2, 0) is 10.4 Å². The van der Waals surface area contributed by atoms with Gasteiger partial charge in [-0.05, 0) is 24.3 Å². The molecule has 0 aromatic heterocycles. The van der Waals surface area contributed by atoms with Crippen LogP contribution in [0.3, 0.4) is 0 Å². The van der Waals surface area contributed by atoms with Gasteiger partial charge in [0.1, 0.15) is 0 Å². The van der Waals surface area contributed by atoms with Crippen LogP contribution in [0.5, 0.6) is 0 Å². The summed E-state index contributed by atoms with van der Waals surface area (Å²) in [7, 11) is -4.67. The van der Waals surface area contributed by atoms with Crippen molar-refractivity contribution in [1.29, 1.82) is 0 Å². The first-order chi connectivity index (χ1) is 8.60. The van der Waals surface area contributed by atoms with Crippen molar-refractivity contribution in [2.45, 2.75) is 13.8 Å². The van der Waals surface area contributed by atoms with Crippen molar-refractivity contribution < 1.29 is 22.7 Å². The number of rotatable bonds is 2. The molecule has 0 aliphatic heterocycles. The van der Waals surface area contributed by atoms with E-state index in [1.807, 2.05) is 13.8 Å². The maximum atomic E-state index is 8.74. The van der Waals surface area contributed by atoms with Crippen molar-refractivity contribution in [2.75, 3.05) is 24.6 Å². The molecule has 1 aromatic rings. The Morgan fingerprint density at radius 2 is 1.21 bits per heavy atom. The molecule has 0 fully saturated rings. The number of nitrogens with two attached hydrogens (primary N) is 2. The minimum absolute atomic E-state index is 0.719. The van der Waals surface area contributed by atoms with Gasteiger partial charge in [-0.1, -0.05) is 13.8 Å². The fourth-order valence-corrected chi connectivity index (χ4v) is 0.720. The van der Waals surface area contributed by atoms with Crippen molar-refractivity contribution in [3.05, 3.63) is 24.3 Å². The highest BCUT2D eigenvalue weighted by atomic mass is 32.3. The van der Waals surface area contributed by atoms with Crippen LogP contribution < -0.4 is 11.5 Å². The second-order valence-corrected chi connectivity index (χ2v) is 4.15. The molecule has 0 spiro atoms. The highest BCUT2D eigenvalue weighted by molar-refractivity contribution is 7.79. The number of hydroxylamine groups is 2.